The number of halogens is 1. The number of esters is 1. The fraction of sp³-hybridized carbons (Fsp3) is 0.320. The summed E-state index contributed by atoms with van der Waals surface area (Å²) >= 11 is 5.83. The van der Waals surface area contributed by atoms with Crippen molar-refractivity contribution in [1.29, 1.82) is 0 Å². The molecule has 36 heavy (non-hydrogen) atoms. The largest absolute Gasteiger partial charge is 0.467 e. The number of methoxy groups -OCH3 is 1. The molecule has 1 aromatic carbocycles. The van der Waals surface area contributed by atoms with Crippen LogP contribution in [0.5, 0.6) is 0 Å². The SMILES string of the molecule is COC(=O)[C@H](Cc1nc2ccc(/C=C/CNc3ccc(Cl)cn3)cc2c(=O)[nH]1)NC(=O)OC(C)(C)C. The third-order valence-electron chi connectivity index (χ3n) is 4.79. The van der Waals surface area contributed by atoms with Crippen LogP contribution in [0.3, 0.4) is 0 Å². The molecule has 0 aliphatic heterocycles. The Morgan fingerprint density at radius 3 is 2.67 bits per heavy atom. The molecule has 0 spiro atoms. The Balaban J connectivity index is 1.71. The lowest BCUT2D eigenvalue weighted by Crippen LogP contribution is -2.45. The number of ether oxygens (including phenoxy) is 2. The number of rotatable bonds is 8. The number of carbonyl (C=O) groups excluding carboxylic acids is 2. The van der Waals surface area contributed by atoms with Gasteiger partial charge in [-0.15, -0.1) is 0 Å². The van der Waals surface area contributed by atoms with Crippen LogP contribution in [0.15, 0.2) is 47.4 Å². The predicted molar refractivity (Wildman–Crippen MR) is 138 cm³/mol. The van der Waals surface area contributed by atoms with Crippen molar-refractivity contribution in [3.8, 4) is 0 Å². The molecule has 0 saturated carbocycles. The second-order valence-electron chi connectivity index (χ2n) is 8.86. The van der Waals surface area contributed by atoms with E-state index in [1.165, 1.54) is 7.11 Å². The Bertz CT molecular complexity index is 1320. The van der Waals surface area contributed by atoms with E-state index in [1.807, 2.05) is 18.2 Å². The van der Waals surface area contributed by atoms with Crippen LogP contribution in [0, 0.1) is 0 Å². The zero-order chi connectivity index (χ0) is 26.3. The molecule has 0 fully saturated rings. The van der Waals surface area contributed by atoms with Crippen LogP contribution < -0.4 is 16.2 Å². The molecule has 3 rings (SSSR count). The number of H-pyrrole nitrogens is 1. The number of nitrogens with zero attached hydrogens (tertiary/aromatic N) is 2. The number of hydrogen-bond donors (Lipinski definition) is 3. The van der Waals surface area contributed by atoms with Crippen molar-refractivity contribution in [2.45, 2.75) is 38.8 Å². The van der Waals surface area contributed by atoms with E-state index in [0.29, 0.717) is 28.3 Å². The predicted octanol–water partition coefficient (Wildman–Crippen LogP) is 3.71. The van der Waals surface area contributed by atoms with Crippen molar-refractivity contribution in [1.82, 2.24) is 20.3 Å². The molecule has 1 atom stereocenters. The number of amides is 1. The van der Waals surface area contributed by atoms with Gasteiger partial charge in [-0.05, 0) is 50.6 Å². The molecule has 3 aromatic rings. The fourth-order valence-corrected chi connectivity index (χ4v) is 3.33. The van der Waals surface area contributed by atoms with Crippen molar-refractivity contribution >= 4 is 46.5 Å². The number of benzene rings is 1. The Hall–Kier alpha value is -3.92. The van der Waals surface area contributed by atoms with Crippen LogP contribution in [0.1, 0.15) is 32.2 Å². The van der Waals surface area contributed by atoms with Gasteiger partial charge in [0.25, 0.3) is 5.56 Å². The molecule has 3 N–H and O–H groups in total. The van der Waals surface area contributed by atoms with Crippen molar-refractivity contribution in [3.05, 3.63) is 69.4 Å². The summed E-state index contributed by atoms with van der Waals surface area (Å²) in [4.78, 5) is 48.4. The molecule has 2 heterocycles. The molecule has 0 bridgehead atoms. The number of alkyl carbamates (subject to hydrolysis) is 1. The number of pyridine rings is 1. The molecule has 0 unspecified atom stereocenters. The second kappa shape index (κ2) is 11.7. The van der Waals surface area contributed by atoms with Gasteiger partial charge < -0.3 is 25.1 Å². The molecule has 1 amide bonds. The number of aromatic amines is 1. The molecular weight excluding hydrogens is 486 g/mol. The van der Waals surface area contributed by atoms with Gasteiger partial charge in [0.2, 0.25) is 0 Å². The van der Waals surface area contributed by atoms with E-state index in [-0.39, 0.29) is 17.8 Å². The molecular formula is C25H28ClN5O5. The Kier molecular flexibility index (Phi) is 8.65. The summed E-state index contributed by atoms with van der Waals surface area (Å²) in [7, 11) is 1.21. The summed E-state index contributed by atoms with van der Waals surface area (Å²) in [6, 6.07) is 7.71. The van der Waals surface area contributed by atoms with Crippen LogP contribution in [0.2, 0.25) is 5.02 Å². The normalized spacial score (nSPS) is 12.4. The first-order chi connectivity index (χ1) is 17.0. The average molecular weight is 514 g/mol. The Labute approximate surface area is 213 Å². The summed E-state index contributed by atoms with van der Waals surface area (Å²) in [5.74, 6) is 0.232. The van der Waals surface area contributed by atoms with Gasteiger partial charge in [-0.2, -0.15) is 0 Å². The van der Waals surface area contributed by atoms with Crippen LogP contribution >= 0.6 is 11.6 Å². The number of carbonyl (C=O) groups is 2. The maximum Gasteiger partial charge on any atom is 0.408 e. The lowest BCUT2D eigenvalue weighted by molar-refractivity contribution is -0.143. The highest BCUT2D eigenvalue weighted by Crippen LogP contribution is 2.14. The maximum absolute atomic E-state index is 12.7. The summed E-state index contributed by atoms with van der Waals surface area (Å²) in [5, 5.41) is 6.57. The van der Waals surface area contributed by atoms with Crippen LogP contribution in [0.4, 0.5) is 10.6 Å². The summed E-state index contributed by atoms with van der Waals surface area (Å²) in [5.41, 5.74) is 0.159. The van der Waals surface area contributed by atoms with E-state index in [4.69, 9.17) is 21.1 Å². The third-order valence-corrected chi connectivity index (χ3v) is 5.01. The minimum Gasteiger partial charge on any atom is -0.467 e. The molecule has 11 heteroatoms. The number of nitrogens with one attached hydrogen (secondary N) is 3. The van der Waals surface area contributed by atoms with Crippen LogP contribution in [-0.4, -0.2) is 52.3 Å². The van der Waals surface area contributed by atoms with E-state index >= 15 is 0 Å². The highest BCUT2D eigenvalue weighted by molar-refractivity contribution is 6.30. The smallest absolute Gasteiger partial charge is 0.408 e. The van der Waals surface area contributed by atoms with E-state index < -0.39 is 23.7 Å². The molecule has 0 aliphatic carbocycles. The quantitative estimate of drug-likeness (QED) is 0.388. The first kappa shape index (κ1) is 26.7. The first-order valence-electron chi connectivity index (χ1n) is 11.2. The zero-order valence-corrected chi connectivity index (χ0v) is 21.2. The summed E-state index contributed by atoms with van der Waals surface area (Å²) in [6.45, 7) is 5.65. The number of anilines is 1. The van der Waals surface area contributed by atoms with Crippen molar-refractivity contribution in [2.24, 2.45) is 0 Å². The van der Waals surface area contributed by atoms with E-state index in [0.717, 1.165) is 5.56 Å². The lowest BCUT2D eigenvalue weighted by atomic mass is 10.1. The number of hydrogen-bond acceptors (Lipinski definition) is 8. The highest BCUT2D eigenvalue weighted by Gasteiger charge is 2.26. The van der Waals surface area contributed by atoms with Gasteiger partial charge in [0.1, 0.15) is 23.3 Å². The topological polar surface area (TPSA) is 135 Å². The maximum atomic E-state index is 12.7. The molecule has 10 nitrogen and oxygen atoms in total. The molecule has 190 valence electrons. The summed E-state index contributed by atoms with van der Waals surface area (Å²) in [6.07, 6.45) is 4.47. The highest BCUT2D eigenvalue weighted by atomic mass is 35.5. The second-order valence-corrected chi connectivity index (χ2v) is 9.30. The zero-order valence-electron chi connectivity index (χ0n) is 20.4. The molecule has 0 aliphatic rings. The van der Waals surface area contributed by atoms with Crippen molar-refractivity contribution in [2.75, 3.05) is 19.0 Å². The standard InChI is InChI=1S/C25H28ClN5O5/c1-25(2,3)36-24(34)30-19(23(33)35-4)13-21-29-18-9-7-15(12-17(18)22(32)31-21)6-5-11-27-20-10-8-16(26)14-28-20/h5-10,12,14,19H,11,13H2,1-4H3,(H,27,28)(H,30,34)(H,29,31,32)/b6-5+/t19-/m0/s1. The Morgan fingerprint density at radius 2 is 2.00 bits per heavy atom. The molecule has 0 radical (unpaired) electrons. The molecule has 2 aromatic heterocycles. The third kappa shape index (κ3) is 7.81. The van der Waals surface area contributed by atoms with Crippen molar-refractivity contribution in [3.63, 3.8) is 0 Å². The van der Waals surface area contributed by atoms with Gasteiger partial charge in [-0.25, -0.2) is 19.6 Å². The minimum atomic E-state index is -1.09. The average Bonchev–Trinajstić information content (AvgIpc) is 2.81. The van der Waals surface area contributed by atoms with Gasteiger partial charge >= 0.3 is 12.1 Å². The first-order valence-corrected chi connectivity index (χ1v) is 11.5. The van der Waals surface area contributed by atoms with Gasteiger partial charge in [0.05, 0.1) is 23.0 Å². The lowest BCUT2D eigenvalue weighted by Gasteiger charge is -2.22. The minimum absolute atomic E-state index is 0.0802. The monoisotopic (exact) mass is 513 g/mol. The van der Waals surface area contributed by atoms with Gasteiger partial charge in [-0.3, -0.25) is 4.79 Å². The van der Waals surface area contributed by atoms with Gasteiger partial charge in [0.15, 0.2) is 0 Å². The van der Waals surface area contributed by atoms with Crippen LogP contribution in [0.25, 0.3) is 17.0 Å². The number of fused-ring (bicyclic) bond motifs is 1. The van der Waals surface area contributed by atoms with Crippen LogP contribution in [-0.2, 0) is 20.7 Å². The summed E-state index contributed by atoms with van der Waals surface area (Å²) < 4.78 is 9.99. The fourth-order valence-electron chi connectivity index (χ4n) is 3.22. The van der Waals surface area contributed by atoms with E-state index in [2.05, 4.69) is 25.6 Å². The van der Waals surface area contributed by atoms with E-state index in [9.17, 15) is 14.4 Å². The van der Waals surface area contributed by atoms with E-state index in [1.54, 1.807) is 51.2 Å². The van der Waals surface area contributed by atoms with Gasteiger partial charge in [0, 0.05) is 19.2 Å². The van der Waals surface area contributed by atoms with Gasteiger partial charge in [-0.1, -0.05) is 29.8 Å². The number of aromatic nitrogens is 3. The Morgan fingerprint density at radius 1 is 1.22 bits per heavy atom. The molecule has 0 saturated heterocycles. The van der Waals surface area contributed by atoms with Crippen molar-refractivity contribution < 1.29 is 19.1 Å².